The number of aliphatic hydroxyl groups is 1. The van der Waals surface area contributed by atoms with E-state index in [0.717, 1.165) is 0 Å². The van der Waals surface area contributed by atoms with Crippen LogP contribution in [0.3, 0.4) is 0 Å². The fraction of sp³-hybridized carbons (Fsp3) is 0.846. The maximum absolute atomic E-state index is 10.4. The molecule has 0 spiro atoms. The summed E-state index contributed by atoms with van der Waals surface area (Å²) in [6.45, 7) is 9.98. The van der Waals surface area contributed by atoms with E-state index in [4.69, 9.17) is 9.47 Å². The van der Waals surface area contributed by atoms with Gasteiger partial charge in [-0.3, -0.25) is 0 Å². The summed E-state index contributed by atoms with van der Waals surface area (Å²) in [5.74, 6) is -0.0601. The molecule has 1 aliphatic carbocycles. The molecule has 0 amide bonds. The van der Waals surface area contributed by atoms with Crippen molar-refractivity contribution in [2.24, 2.45) is 11.8 Å². The summed E-state index contributed by atoms with van der Waals surface area (Å²) in [5.41, 5.74) is -0.492. The Morgan fingerprint density at radius 3 is 2.44 bits per heavy atom. The first kappa shape index (κ1) is 12.1. The lowest BCUT2D eigenvalue weighted by Gasteiger charge is -2.38. The van der Waals surface area contributed by atoms with Crippen LogP contribution in [0.5, 0.6) is 0 Å². The molecular weight excluding hydrogens is 204 g/mol. The average molecular weight is 226 g/mol. The third kappa shape index (κ3) is 1.81. The molecule has 0 saturated carbocycles. The molecule has 0 aromatic rings. The van der Waals surface area contributed by atoms with E-state index < -0.39 is 17.5 Å². The molecule has 0 radical (unpaired) electrons. The minimum atomic E-state index is -0.614. The average Bonchev–Trinajstić information content (AvgIpc) is 2.35. The highest BCUT2D eigenvalue weighted by Crippen LogP contribution is 2.44. The van der Waals surface area contributed by atoms with Gasteiger partial charge in [-0.1, -0.05) is 26.0 Å². The second kappa shape index (κ2) is 3.56. The summed E-state index contributed by atoms with van der Waals surface area (Å²) >= 11 is 0. The second-order valence-corrected chi connectivity index (χ2v) is 5.90. The number of rotatable bonds is 1. The van der Waals surface area contributed by atoms with Crippen molar-refractivity contribution in [1.29, 1.82) is 0 Å². The van der Waals surface area contributed by atoms with Crippen molar-refractivity contribution in [1.82, 2.24) is 0 Å². The van der Waals surface area contributed by atoms with Gasteiger partial charge in [0.2, 0.25) is 0 Å². The van der Waals surface area contributed by atoms with Gasteiger partial charge in [-0.15, -0.1) is 0 Å². The zero-order valence-corrected chi connectivity index (χ0v) is 10.7. The van der Waals surface area contributed by atoms with Crippen molar-refractivity contribution in [3.8, 4) is 0 Å². The van der Waals surface area contributed by atoms with E-state index in [9.17, 15) is 5.11 Å². The maximum atomic E-state index is 10.4. The van der Waals surface area contributed by atoms with Crippen LogP contribution in [0.1, 0.15) is 34.6 Å². The van der Waals surface area contributed by atoms with E-state index in [0.29, 0.717) is 5.92 Å². The molecule has 1 heterocycles. The quantitative estimate of drug-likeness (QED) is 0.696. The molecule has 3 nitrogen and oxygen atoms in total. The van der Waals surface area contributed by atoms with Gasteiger partial charge in [-0.25, -0.2) is 0 Å². The van der Waals surface area contributed by atoms with E-state index in [1.165, 1.54) is 0 Å². The standard InChI is InChI=1S/C13H22O3/c1-8(2)9-6-7-13(5)11(10(9)14)15-12(3,4)16-13/h6-11,14H,1-5H3/t9-,10-,11-,13+/m1/s1. The highest BCUT2D eigenvalue weighted by Gasteiger charge is 2.55. The topological polar surface area (TPSA) is 38.7 Å². The number of hydrogen-bond acceptors (Lipinski definition) is 3. The minimum absolute atomic E-state index is 0.149. The van der Waals surface area contributed by atoms with Crippen molar-refractivity contribution >= 4 is 0 Å². The van der Waals surface area contributed by atoms with Gasteiger partial charge in [0.1, 0.15) is 11.7 Å². The number of ether oxygens (including phenoxy) is 2. The minimum Gasteiger partial charge on any atom is -0.390 e. The lowest BCUT2D eigenvalue weighted by molar-refractivity contribution is -0.160. The molecule has 2 rings (SSSR count). The number of hydrogen-bond donors (Lipinski definition) is 1. The van der Waals surface area contributed by atoms with E-state index >= 15 is 0 Å². The zero-order chi connectivity index (χ0) is 12.1. The highest BCUT2D eigenvalue weighted by molar-refractivity contribution is 5.18. The van der Waals surface area contributed by atoms with Crippen molar-refractivity contribution in [2.75, 3.05) is 0 Å². The Balaban J connectivity index is 2.29. The van der Waals surface area contributed by atoms with Gasteiger partial charge in [0.05, 0.1) is 6.10 Å². The van der Waals surface area contributed by atoms with Crippen LogP contribution in [-0.2, 0) is 9.47 Å². The van der Waals surface area contributed by atoms with Crippen molar-refractivity contribution in [3.05, 3.63) is 12.2 Å². The molecule has 0 aromatic carbocycles. The van der Waals surface area contributed by atoms with Crippen LogP contribution >= 0.6 is 0 Å². The molecule has 16 heavy (non-hydrogen) atoms. The maximum Gasteiger partial charge on any atom is 0.164 e. The van der Waals surface area contributed by atoms with Gasteiger partial charge in [0.15, 0.2) is 5.79 Å². The molecule has 1 aliphatic heterocycles. The third-order valence-corrected chi connectivity index (χ3v) is 3.57. The fourth-order valence-corrected chi connectivity index (χ4v) is 2.81. The molecular formula is C13H22O3. The second-order valence-electron chi connectivity index (χ2n) is 5.90. The molecule has 3 heteroatoms. The predicted molar refractivity (Wildman–Crippen MR) is 61.9 cm³/mol. The van der Waals surface area contributed by atoms with Gasteiger partial charge in [-0.2, -0.15) is 0 Å². The largest absolute Gasteiger partial charge is 0.390 e. The summed E-state index contributed by atoms with van der Waals surface area (Å²) in [4.78, 5) is 0. The van der Waals surface area contributed by atoms with Crippen molar-refractivity contribution in [3.63, 3.8) is 0 Å². The molecule has 1 fully saturated rings. The smallest absolute Gasteiger partial charge is 0.164 e. The Kier molecular flexibility index (Phi) is 2.69. The number of fused-ring (bicyclic) bond motifs is 1. The Bertz CT molecular complexity index is 308. The Morgan fingerprint density at radius 2 is 1.88 bits per heavy atom. The van der Waals surface area contributed by atoms with E-state index in [1.54, 1.807) is 0 Å². The molecule has 0 aromatic heterocycles. The molecule has 1 N–H and O–H groups in total. The van der Waals surface area contributed by atoms with E-state index in [1.807, 2.05) is 26.8 Å². The first-order valence-electron chi connectivity index (χ1n) is 6.00. The monoisotopic (exact) mass is 226 g/mol. The summed E-state index contributed by atoms with van der Waals surface area (Å²) in [6.07, 6.45) is 3.36. The van der Waals surface area contributed by atoms with Crippen LogP contribution in [0.25, 0.3) is 0 Å². The van der Waals surface area contributed by atoms with Crippen LogP contribution in [-0.4, -0.2) is 28.7 Å². The zero-order valence-electron chi connectivity index (χ0n) is 10.7. The highest BCUT2D eigenvalue weighted by atomic mass is 16.8. The summed E-state index contributed by atoms with van der Waals surface area (Å²) in [5, 5.41) is 10.4. The lowest BCUT2D eigenvalue weighted by Crippen LogP contribution is -2.50. The first-order chi connectivity index (χ1) is 7.25. The van der Waals surface area contributed by atoms with Crippen LogP contribution in [0.15, 0.2) is 12.2 Å². The molecule has 92 valence electrons. The summed E-state index contributed by atoms with van der Waals surface area (Å²) in [7, 11) is 0. The van der Waals surface area contributed by atoms with Gasteiger partial charge in [0, 0.05) is 5.92 Å². The summed E-state index contributed by atoms with van der Waals surface area (Å²) < 4.78 is 11.7. The van der Waals surface area contributed by atoms with Gasteiger partial charge >= 0.3 is 0 Å². The number of aliphatic hydroxyl groups excluding tert-OH is 1. The van der Waals surface area contributed by atoms with E-state index in [2.05, 4.69) is 19.9 Å². The van der Waals surface area contributed by atoms with Crippen molar-refractivity contribution in [2.45, 2.75) is 58.2 Å². The molecule has 0 bridgehead atoms. The fourth-order valence-electron chi connectivity index (χ4n) is 2.81. The Morgan fingerprint density at radius 1 is 1.25 bits per heavy atom. The first-order valence-corrected chi connectivity index (χ1v) is 6.00. The SMILES string of the molecule is CC(C)[C@H]1C=C[C@]2(C)OC(C)(C)O[C@@H]2[C@@H]1O. The Labute approximate surface area is 97.4 Å². The van der Waals surface area contributed by atoms with E-state index in [-0.39, 0.29) is 12.0 Å². The molecule has 0 unspecified atom stereocenters. The molecule has 2 aliphatic rings. The van der Waals surface area contributed by atoms with Crippen LogP contribution in [0.4, 0.5) is 0 Å². The molecule has 1 saturated heterocycles. The Hall–Kier alpha value is -0.380. The lowest BCUT2D eigenvalue weighted by atomic mass is 9.77. The van der Waals surface area contributed by atoms with Crippen LogP contribution in [0, 0.1) is 11.8 Å². The van der Waals surface area contributed by atoms with Gasteiger partial charge in [-0.05, 0) is 26.7 Å². The molecule has 4 atom stereocenters. The van der Waals surface area contributed by atoms with Crippen molar-refractivity contribution < 1.29 is 14.6 Å². The predicted octanol–water partition coefficient (Wildman–Crippen LogP) is 2.10. The van der Waals surface area contributed by atoms with Crippen LogP contribution < -0.4 is 0 Å². The third-order valence-electron chi connectivity index (χ3n) is 3.57. The normalized spacial score (nSPS) is 46.1. The van der Waals surface area contributed by atoms with Crippen LogP contribution in [0.2, 0.25) is 0 Å². The summed E-state index contributed by atoms with van der Waals surface area (Å²) in [6, 6.07) is 0. The van der Waals surface area contributed by atoms with Gasteiger partial charge < -0.3 is 14.6 Å². The van der Waals surface area contributed by atoms with Gasteiger partial charge in [0.25, 0.3) is 0 Å².